The second-order valence-corrected chi connectivity index (χ2v) is 8.06. The van der Waals surface area contributed by atoms with Crippen LogP contribution in [0.2, 0.25) is 0 Å². The van der Waals surface area contributed by atoms with E-state index in [1.807, 2.05) is 7.05 Å². The molecule has 0 amide bonds. The normalized spacial score (nSPS) is 20.1. The van der Waals surface area contributed by atoms with E-state index in [0.717, 1.165) is 51.1 Å². The quantitative estimate of drug-likeness (QED) is 0.232. The first-order valence-electron chi connectivity index (χ1n) is 10.5. The van der Waals surface area contributed by atoms with Crippen LogP contribution < -0.4 is 5.32 Å². The summed E-state index contributed by atoms with van der Waals surface area (Å²) in [6.07, 6.45) is 5.12. The highest BCUT2D eigenvalue weighted by Crippen LogP contribution is 2.28. The molecule has 0 bridgehead atoms. The van der Waals surface area contributed by atoms with E-state index in [2.05, 4.69) is 57.5 Å². The summed E-state index contributed by atoms with van der Waals surface area (Å²) in [5.41, 5.74) is 1.44. The summed E-state index contributed by atoms with van der Waals surface area (Å²) in [7, 11) is 3.96. The van der Waals surface area contributed by atoms with Crippen LogP contribution in [0.4, 0.5) is 0 Å². The molecule has 3 rings (SSSR count). The Hall–Kier alpha value is -0.860. The van der Waals surface area contributed by atoms with Gasteiger partial charge in [0.25, 0.3) is 0 Å². The number of benzene rings is 1. The minimum absolute atomic E-state index is 0. The summed E-state index contributed by atoms with van der Waals surface area (Å²) in [4.78, 5) is 9.20. The van der Waals surface area contributed by atoms with E-state index in [0.29, 0.717) is 5.92 Å². The van der Waals surface area contributed by atoms with Gasteiger partial charge in [0.05, 0.1) is 6.61 Å². The lowest BCUT2D eigenvalue weighted by Gasteiger charge is -2.23. The third-order valence-electron chi connectivity index (χ3n) is 5.67. The van der Waals surface area contributed by atoms with Crippen LogP contribution in [0.1, 0.15) is 24.8 Å². The second-order valence-electron chi connectivity index (χ2n) is 8.06. The lowest BCUT2D eigenvalue weighted by Crippen LogP contribution is -2.42. The summed E-state index contributed by atoms with van der Waals surface area (Å²) in [5.74, 6) is 2.52. The predicted octanol–water partition coefficient (Wildman–Crippen LogP) is 3.10. The molecule has 5 nitrogen and oxygen atoms in total. The zero-order chi connectivity index (χ0) is 18.9. The Labute approximate surface area is 187 Å². The molecular weight excluding hydrogens is 463 g/mol. The highest BCUT2D eigenvalue weighted by Gasteiger charge is 2.23. The van der Waals surface area contributed by atoms with Crippen LogP contribution in [0.25, 0.3) is 0 Å². The van der Waals surface area contributed by atoms with Crippen LogP contribution in [0.5, 0.6) is 0 Å². The van der Waals surface area contributed by atoms with Crippen LogP contribution in [-0.2, 0) is 11.2 Å². The van der Waals surface area contributed by atoms with Gasteiger partial charge in [0.2, 0.25) is 0 Å². The summed E-state index contributed by atoms with van der Waals surface area (Å²) < 4.78 is 5.75. The number of aliphatic imine (C=N–C) groups is 1. The fraction of sp³-hybridized carbons (Fsp3) is 0.682. The number of hydrogen-bond acceptors (Lipinski definition) is 3. The highest BCUT2D eigenvalue weighted by molar-refractivity contribution is 14.0. The van der Waals surface area contributed by atoms with Crippen molar-refractivity contribution < 1.29 is 4.74 Å². The van der Waals surface area contributed by atoms with Crippen molar-refractivity contribution in [2.75, 3.05) is 60.0 Å². The van der Waals surface area contributed by atoms with Gasteiger partial charge in [0.1, 0.15) is 0 Å². The summed E-state index contributed by atoms with van der Waals surface area (Å²) >= 11 is 0. The van der Waals surface area contributed by atoms with Gasteiger partial charge < -0.3 is 19.9 Å². The van der Waals surface area contributed by atoms with Gasteiger partial charge in [0.15, 0.2) is 5.96 Å². The molecule has 1 aliphatic carbocycles. The number of likely N-dealkylation sites (tertiary alicyclic amines) is 1. The molecule has 0 spiro atoms. The Kier molecular flexibility index (Phi) is 10.6. The zero-order valence-electron chi connectivity index (χ0n) is 17.5. The number of likely N-dealkylation sites (N-methyl/N-ethyl adjacent to an activating group) is 1. The fourth-order valence-corrected chi connectivity index (χ4v) is 3.68. The van der Waals surface area contributed by atoms with Gasteiger partial charge in [-0.2, -0.15) is 0 Å². The average molecular weight is 500 g/mol. The number of ether oxygens (including phenoxy) is 1. The van der Waals surface area contributed by atoms with Crippen LogP contribution in [0.15, 0.2) is 35.3 Å². The molecule has 1 atom stereocenters. The first kappa shape index (κ1) is 23.4. The molecule has 1 aromatic rings. The van der Waals surface area contributed by atoms with Gasteiger partial charge in [-0.3, -0.25) is 4.99 Å². The van der Waals surface area contributed by atoms with E-state index < -0.39 is 0 Å². The van der Waals surface area contributed by atoms with Crippen molar-refractivity contribution in [1.82, 2.24) is 15.1 Å². The van der Waals surface area contributed by atoms with E-state index in [4.69, 9.17) is 4.74 Å². The van der Waals surface area contributed by atoms with Crippen molar-refractivity contribution in [3.63, 3.8) is 0 Å². The van der Waals surface area contributed by atoms with E-state index in [1.165, 1.54) is 37.9 Å². The topological polar surface area (TPSA) is 40.1 Å². The maximum atomic E-state index is 5.75. The van der Waals surface area contributed by atoms with Gasteiger partial charge in [-0.05, 0) is 49.6 Å². The molecule has 1 aliphatic heterocycles. The molecule has 1 N–H and O–H groups in total. The molecule has 158 valence electrons. The predicted molar refractivity (Wildman–Crippen MR) is 128 cm³/mol. The molecule has 2 aliphatic rings. The maximum absolute atomic E-state index is 5.75. The average Bonchev–Trinajstić information content (AvgIpc) is 3.42. The molecule has 1 aromatic carbocycles. The fourth-order valence-electron chi connectivity index (χ4n) is 3.68. The van der Waals surface area contributed by atoms with Crippen molar-refractivity contribution in [2.24, 2.45) is 16.8 Å². The lowest BCUT2D eigenvalue weighted by atomic mass is 10.1. The molecule has 1 saturated heterocycles. The molecule has 0 radical (unpaired) electrons. The van der Waals surface area contributed by atoms with Crippen LogP contribution in [0.3, 0.4) is 0 Å². The Morgan fingerprint density at radius 3 is 2.71 bits per heavy atom. The molecule has 1 unspecified atom stereocenters. The van der Waals surface area contributed by atoms with E-state index in [9.17, 15) is 0 Å². The van der Waals surface area contributed by atoms with Crippen molar-refractivity contribution in [3.8, 4) is 0 Å². The zero-order valence-corrected chi connectivity index (χ0v) is 19.8. The Morgan fingerprint density at radius 2 is 2.00 bits per heavy atom. The minimum atomic E-state index is 0. The summed E-state index contributed by atoms with van der Waals surface area (Å²) in [6.45, 7) is 7.16. The summed E-state index contributed by atoms with van der Waals surface area (Å²) in [5, 5.41) is 3.56. The SMILES string of the molecule is CN=C(NCC1CCN(CCc2ccccc2)C1)N(C)CCOCC1CC1.I. The smallest absolute Gasteiger partial charge is 0.193 e. The van der Waals surface area contributed by atoms with Crippen molar-refractivity contribution in [1.29, 1.82) is 0 Å². The van der Waals surface area contributed by atoms with Crippen LogP contribution in [-0.4, -0.2) is 75.8 Å². The number of guanidine groups is 1. The first-order valence-corrected chi connectivity index (χ1v) is 10.5. The number of hydrogen-bond donors (Lipinski definition) is 1. The molecule has 2 fully saturated rings. The number of rotatable bonds is 10. The third kappa shape index (κ3) is 8.25. The Morgan fingerprint density at radius 1 is 1.21 bits per heavy atom. The molecule has 0 aromatic heterocycles. The number of nitrogens with one attached hydrogen (secondary N) is 1. The Bertz CT molecular complexity index is 579. The van der Waals surface area contributed by atoms with Crippen molar-refractivity contribution in [2.45, 2.75) is 25.7 Å². The standard InChI is InChI=1S/C22H36N4O.HI/c1-23-22(25(2)14-15-27-18-20-8-9-20)24-16-21-11-13-26(17-21)12-10-19-6-4-3-5-7-19;/h3-7,20-21H,8-18H2,1-2H3,(H,23,24);1H. The summed E-state index contributed by atoms with van der Waals surface area (Å²) in [6, 6.07) is 10.8. The van der Waals surface area contributed by atoms with E-state index >= 15 is 0 Å². The van der Waals surface area contributed by atoms with Crippen molar-refractivity contribution in [3.05, 3.63) is 35.9 Å². The minimum Gasteiger partial charge on any atom is -0.379 e. The molecule has 28 heavy (non-hydrogen) atoms. The highest BCUT2D eigenvalue weighted by atomic mass is 127. The molecule has 1 saturated carbocycles. The van der Waals surface area contributed by atoms with Gasteiger partial charge in [0, 0.05) is 46.9 Å². The monoisotopic (exact) mass is 500 g/mol. The Balaban J connectivity index is 0.00000280. The van der Waals surface area contributed by atoms with Gasteiger partial charge in [-0.25, -0.2) is 0 Å². The number of halogens is 1. The first-order chi connectivity index (χ1) is 13.2. The molecular formula is C22H37IN4O. The van der Waals surface area contributed by atoms with Gasteiger partial charge >= 0.3 is 0 Å². The van der Waals surface area contributed by atoms with Crippen molar-refractivity contribution >= 4 is 29.9 Å². The number of nitrogens with zero attached hydrogens (tertiary/aromatic N) is 3. The lowest BCUT2D eigenvalue weighted by molar-refractivity contribution is 0.115. The van der Waals surface area contributed by atoms with E-state index in [1.54, 1.807) is 0 Å². The largest absolute Gasteiger partial charge is 0.379 e. The molecule has 1 heterocycles. The van der Waals surface area contributed by atoms with E-state index in [-0.39, 0.29) is 24.0 Å². The van der Waals surface area contributed by atoms with Gasteiger partial charge in [-0.1, -0.05) is 30.3 Å². The van der Waals surface area contributed by atoms with Gasteiger partial charge in [-0.15, -0.1) is 24.0 Å². The van der Waals surface area contributed by atoms with Crippen LogP contribution in [0, 0.1) is 11.8 Å². The molecule has 6 heteroatoms. The third-order valence-corrected chi connectivity index (χ3v) is 5.67. The maximum Gasteiger partial charge on any atom is 0.193 e. The van der Waals surface area contributed by atoms with Crippen LogP contribution >= 0.6 is 24.0 Å². The second kappa shape index (κ2) is 12.6.